The second kappa shape index (κ2) is 9.13. The standard InChI is InChI=1S/C24H23N3O2S/c1-30-22-9-3-8-21(13-22)27-16-20(12-23(27)28)24(29)26-14-17-5-2-6-18(11-17)19-7-4-10-25-15-19/h2-11,13,15,20H,12,14,16H2,1H3,(H,26,29). The molecule has 2 amide bonds. The predicted octanol–water partition coefficient (Wildman–Crippen LogP) is 4.14. The third-order valence-electron chi connectivity index (χ3n) is 5.25. The molecule has 1 atom stereocenters. The van der Waals surface area contributed by atoms with Crippen molar-refractivity contribution in [3.8, 4) is 11.1 Å². The van der Waals surface area contributed by atoms with Crippen LogP contribution in [0.15, 0.2) is 78.0 Å². The zero-order valence-corrected chi connectivity index (χ0v) is 17.6. The Morgan fingerprint density at radius 1 is 1.13 bits per heavy atom. The Bertz CT molecular complexity index is 1060. The van der Waals surface area contributed by atoms with E-state index in [1.165, 1.54) is 0 Å². The minimum Gasteiger partial charge on any atom is -0.352 e. The molecule has 2 heterocycles. The number of carbonyl (C=O) groups is 2. The van der Waals surface area contributed by atoms with Crippen LogP contribution in [0.3, 0.4) is 0 Å². The van der Waals surface area contributed by atoms with Crippen LogP contribution in [0.2, 0.25) is 0 Å². The average Bonchev–Trinajstić information content (AvgIpc) is 3.20. The minimum atomic E-state index is -0.336. The van der Waals surface area contributed by atoms with E-state index >= 15 is 0 Å². The van der Waals surface area contributed by atoms with E-state index in [9.17, 15) is 9.59 Å². The van der Waals surface area contributed by atoms with Crippen molar-refractivity contribution >= 4 is 29.3 Å². The Hall–Kier alpha value is -3.12. The number of pyridine rings is 1. The summed E-state index contributed by atoms with van der Waals surface area (Å²) in [5.41, 5.74) is 3.96. The number of nitrogens with one attached hydrogen (secondary N) is 1. The summed E-state index contributed by atoms with van der Waals surface area (Å²) in [6, 6.07) is 19.8. The largest absolute Gasteiger partial charge is 0.352 e. The van der Waals surface area contributed by atoms with Crippen molar-refractivity contribution in [2.45, 2.75) is 17.9 Å². The van der Waals surface area contributed by atoms with Crippen LogP contribution >= 0.6 is 11.8 Å². The summed E-state index contributed by atoms with van der Waals surface area (Å²) in [4.78, 5) is 32.2. The number of carbonyl (C=O) groups excluding carboxylic acids is 2. The molecule has 0 radical (unpaired) electrons. The molecule has 0 saturated carbocycles. The molecular formula is C24H23N3O2S. The summed E-state index contributed by atoms with van der Waals surface area (Å²) in [6.45, 7) is 0.845. The van der Waals surface area contributed by atoms with Crippen LogP contribution in [0.1, 0.15) is 12.0 Å². The van der Waals surface area contributed by atoms with Crippen molar-refractivity contribution in [2.24, 2.45) is 5.92 Å². The molecule has 152 valence electrons. The molecule has 1 aromatic heterocycles. The number of benzene rings is 2. The fraction of sp³-hybridized carbons (Fsp3) is 0.208. The minimum absolute atomic E-state index is 0.00743. The van der Waals surface area contributed by atoms with Crippen molar-refractivity contribution in [3.63, 3.8) is 0 Å². The van der Waals surface area contributed by atoms with Gasteiger partial charge in [-0.3, -0.25) is 14.6 Å². The van der Waals surface area contributed by atoms with E-state index in [0.29, 0.717) is 13.1 Å². The van der Waals surface area contributed by atoms with Gasteiger partial charge in [0.05, 0.1) is 5.92 Å². The Morgan fingerprint density at radius 2 is 1.97 bits per heavy atom. The molecule has 1 N–H and O–H groups in total. The number of aromatic nitrogens is 1. The summed E-state index contributed by atoms with van der Waals surface area (Å²) >= 11 is 1.63. The molecule has 0 bridgehead atoms. The molecule has 1 aliphatic heterocycles. The number of anilines is 1. The maximum absolute atomic E-state index is 12.7. The molecule has 3 aromatic rings. The molecule has 1 saturated heterocycles. The van der Waals surface area contributed by atoms with E-state index in [2.05, 4.69) is 16.4 Å². The topological polar surface area (TPSA) is 62.3 Å². The lowest BCUT2D eigenvalue weighted by Gasteiger charge is -2.17. The van der Waals surface area contributed by atoms with Crippen molar-refractivity contribution in [3.05, 3.63) is 78.6 Å². The van der Waals surface area contributed by atoms with Crippen LogP contribution in [0.25, 0.3) is 11.1 Å². The van der Waals surface area contributed by atoms with E-state index in [-0.39, 0.29) is 24.2 Å². The summed E-state index contributed by atoms with van der Waals surface area (Å²) in [5.74, 6) is -0.428. The second-order valence-electron chi connectivity index (χ2n) is 7.27. The quantitative estimate of drug-likeness (QED) is 0.613. The molecule has 1 aliphatic rings. The summed E-state index contributed by atoms with van der Waals surface area (Å²) in [7, 11) is 0. The van der Waals surface area contributed by atoms with Gasteiger partial charge < -0.3 is 10.2 Å². The molecule has 1 fully saturated rings. The number of thioether (sulfide) groups is 1. The highest BCUT2D eigenvalue weighted by Gasteiger charge is 2.35. The first kappa shape index (κ1) is 20.2. The molecule has 5 nitrogen and oxygen atoms in total. The number of hydrogen-bond donors (Lipinski definition) is 1. The van der Waals surface area contributed by atoms with E-state index in [4.69, 9.17) is 0 Å². The first-order valence-electron chi connectivity index (χ1n) is 9.85. The van der Waals surface area contributed by atoms with Crippen molar-refractivity contribution in [1.29, 1.82) is 0 Å². The summed E-state index contributed by atoms with van der Waals surface area (Å²) < 4.78 is 0. The molecule has 0 aliphatic carbocycles. The van der Waals surface area contributed by atoms with Crippen LogP contribution < -0.4 is 10.2 Å². The summed E-state index contributed by atoms with van der Waals surface area (Å²) in [6.07, 6.45) is 5.81. The maximum atomic E-state index is 12.7. The fourth-order valence-corrected chi connectivity index (χ4v) is 4.09. The van der Waals surface area contributed by atoms with Gasteiger partial charge in [-0.25, -0.2) is 0 Å². The van der Waals surface area contributed by atoms with Gasteiger partial charge in [-0.1, -0.05) is 30.3 Å². The number of nitrogens with zero attached hydrogens (tertiary/aromatic N) is 2. The summed E-state index contributed by atoms with van der Waals surface area (Å²) in [5, 5.41) is 3.00. The van der Waals surface area contributed by atoms with Crippen LogP contribution in [-0.2, 0) is 16.1 Å². The van der Waals surface area contributed by atoms with Gasteiger partial charge in [0, 0.05) is 42.5 Å². The molecule has 30 heavy (non-hydrogen) atoms. The molecule has 0 spiro atoms. The number of hydrogen-bond acceptors (Lipinski definition) is 4. The van der Waals surface area contributed by atoms with Gasteiger partial charge in [0.25, 0.3) is 0 Å². The smallest absolute Gasteiger partial charge is 0.227 e. The fourth-order valence-electron chi connectivity index (χ4n) is 3.64. The molecular weight excluding hydrogens is 394 g/mol. The Labute approximate surface area is 180 Å². The van der Waals surface area contributed by atoms with Gasteiger partial charge in [-0.05, 0) is 53.3 Å². The van der Waals surface area contributed by atoms with E-state index in [0.717, 1.165) is 27.3 Å². The van der Waals surface area contributed by atoms with Gasteiger partial charge in [0.15, 0.2) is 0 Å². The zero-order valence-electron chi connectivity index (χ0n) is 16.7. The Kier molecular flexibility index (Phi) is 6.14. The third kappa shape index (κ3) is 4.54. The van der Waals surface area contributed by atoms with Crippen LogP contribution in [0, 0.1) is 5.92 Å². The van der Waals surface area contributed by atoms with Gasteiger partial charge in [0.2, 0.25) is 11.8 Å². The highest BCUT2D eigenvalue weighted by atomic mass is 32.2. The first-order chi connectivity index (χ1) is 14.6. The SMILES string of the molecule is CSc1cccc(N2CC(C(=O)NCc3cccc(-c4cccnc4)c3)CC2=O)c1. The van der Waals surface area contributed by atoms with E-state index in [1.54, 1.807) is 22.9 Å². The predicted molar refractivity (Wildman–Crippen MR) is 120 cm³/mol. The van der Waals surface area contributed by atoms with Crippen LogP contribution in [0.5, 0.6) is 0 Å². The normalized spacial score (nSPS) is 16.0. The van der Waals surface area contributed by atoms with E-state index in [1.807, 2.05) is 67.0 Å². The monoisotopic (exact) mass is 417 g/mol. The van der Waals surface area contributed by atoms with Gasteiger partial charge in [0.1, 0.15) is 0 Å². The van der Waals surface area contributed by atoms with Gasteiger partial charge >= 0.3 is 0 Å². The lowest BCUT2D eigenvalue weighted by molar-refractivity contribution is -0.126. The number of rotatable bonds is 6. The zero-order chi connectivity index (χ0) is 20.9. The molecule has 6 heteroatoms. The van der Waals surface area contributed by atoms with Crippen LogP contribution in [-0.4, -0.2) is 29.6 Å². The lowest BCUT2D eigenvalue weighted by Crippen LogP contribution is -2.32. The number of amides is 2. The van der Waals surface area contributed by atoms with Crippen LogP contribution in [0.4, 0.5) is 5.69 Å². The van der Waals surface area contributed by atoms with Crippen molar-refractivity contribution in [2.75, 3.05) is 17.7 Å². The Balaban J connectivity index is 1.38. The highest BCUT2D eigenvalue weighted by Crippen LogP contribution is 2.28. The van der Waals surface area contributed by atoms with E-state index < -0.39 is 0 Å². The van der Waals surface area contributed by atoms with Gasteiger partial charge in [-0.15, -0.1) is 11.8 Å². The third-order valence-corrected chi connectivity index (χ3v) is 5.97. The van der Waals surface area contributed by atoms with Crippen molar-refractivity contribution < 1.29 is 9.59 Å². The second-order valence-corrected chi connectivity index (χ2v) is 8.15. The highest BCUT2D eigenvalue weighted by molar-refractivity contribution is 7.98. The maximum Gasteiger partial charge on any atom is 0.227 e. The average molecular weight is 418 g/mol. The Morgan fingerprint density at radius 3 is 2.77 bits per heavy atom. The van der Waals surface area contributed by atoms with Gasteiger partial charge in [-0.2, -0.15) is 0 Å². The first-order valence-corrected chi connectivity index (χ1v) is 11.1. The molecule has 4 rings (SSSR count). The van der Waals surface area contributed by atoms with Crippen molar-refractivity contribution in [1.82, 2.24) is 10.3 Å². The lowest BCUT2D eigenvalue weighted by atomic mass is 10.0. The molecule has 1 unspecified atom stereocenters. The molecule has 2 aromatic carbocycles.